The van der Waals surface area contributed by atoms with Crippen molar-refractivity contribution in [3.63, 3.8) is 0 Å². The molecule has 3 aromatic carbocycles. The molecule has 3 aromatic rings. The third-order valence-corrected chi connectivity index (χ3v) is 6.01. The van der Waals surface area contributed by atoms with Crippen LogP contribution in [0.1, 0.15) is 27.4 Å². The molecule has 0 heterocycles. The maximum absolute atomic E-state index is 14.0. The Bertz CT molecular complexity index is 1100. The number of methoxy groups -OCH3 is 6. The molecule has 0 aliphatic carbocycles. The number of rotatable bonds is 10. The van der Waals surface area contributed by atoms with E-state index in [1.54, 1.807) is 50.6 Å². The van der Waals surface area contributed by atoms with E-state index in [-0.39, 0.29) is 5.78 Å². The fourth-order valence-corrected chi connectivity index (χ4v) is 4.05. The summed E-state index contributed by atoms with van der Waals surface area (Å²) in [5.41, 5.74) is 1.68. The first-order valence-electron chi connectivity index (χ1n) is 10.3. The molecule has 0 amide bonds. The van der Waals surface area contributed by atoms with Crippen molar-refractivity contribution in [2.45, 2.75) is 5.92 Å². The van der Waals surface area contributed by atoms with Crippen LogP contribution in [-0.4, -0.2) is 48.4 Å². The number of ketones is 1. The molecule has 0 atom stereocenters. The van der Waals surface area contributed by atoms with Crippen LogP contribution >= 0.6 is 15.9 Å². The molecule has 7 nitrogen and oxygen atoms in total. The number of hydrogen-bond donors (Lipinski definition) is 0. The molecule has 0 aliphatic heterocycles. The van der Waals surface area contributed by atoms with Gasteiger partial charge in [0.05, 0.1) is 48.6 Å². The van der Waals surface area contributed by atoms with Crippen LogP contribution in [0.3, 0.4) is 0 Å². The van der Waals surface area contributed by atoms with Crippen molar-refractivity contribution in [1.82, 2.24) is 0 Å². The molecule has 0 saturated carbocycles. The van der Waals surface area contributed by atoms with Crippen molar-refractivity contribution in [2.75, 3.05) is 42.7 Å². The lowest BCUT2D eigenvalue weighted by Gasteiger charge is -2.24. The average molecular weight is 531 g/mol. The van der Waals surface area contributed by atoms with Crippen molar-refractivity contribution >= 4 is 21.7 Å². The van der Waals surface area contributed by atoms with Gasteiger partial charge in [-0.1, -0.05) is 28.1 Å². The molecular formula is C26H27BrO7. The molecule has 0 fully saturated rings. The predicted molar refractivity (Wildman–Crippen MR) is 133 cm³/mol. The van der Waals surface area contributed by atoms with Crippen LogP contribution in [0.25, 0.3) is 0 Å². The Morgan fingerprint density at radius 3 is 1.29 bits per heavy atom. The van der Waals surface area contributed by atoms with E-state index in [0.717, 1.165) is 4.47 Å². The highest BCUT2D eigenvalue weighted by Crippen LogP contribution is 2.46. The lowest BCUT2D eigenvalue weighted by molar-refractivity contribution is 0.0971. The van der Waals surface area contributed by atoms with Gasteiger partial charge in [-0.05, 0) is 24.3 Å². The van der Waals surface area contributed by atoms with E-state index in [1.165, 1.54) is 28.4 Å². The predicted octanol–water partition coefficient (Wildman–Crippen LogP) is 5.52. The van der Waals surface area contributed by atoms with Crippen LogP contribution in [-0.2, 0) is 0 Å². The topological polar surface area (TPSA) is 72.5 Å². The molecule has 0 spiro atoms. The molecule has 3 rings (SSSR count). The van der Waals surface area contributed by atoms with E-state index in [4.69, 9.17) is 28.4 Å². The van der Waals surface area contributed by atoms with Gasteiger partial charge in [-0.25, -0.2) is 0 Å². The van der Waals surface area contributed by atoms with Crippen LogP contribution < -0.4 is 28.4 Å². The van der Waals surface area contributed by atoms with E-state index in [1.807, 2.05) is 12.1 Å². The summed E-state index contributed by atoms with van der Waals surface area (Å²) in [6.45, 7) is 0. The van der Waals surface area contributed by atoms with Gasteiger partial charge >= 0.3 is 0 Å². The van der Waals surface area contributed by atoms with Crippen LogP contribution in [0.2, 0.25) is 0 Å². The zero-order valence-corrected chi connectivity index (χ0v) is 21.5. The fourth-order valence-electron chi connectivity index (χ4n) is 3.79. The highest BCUT2D eigenvalue weighted by molar-refractivity contribution is 9.10. The molecule has 0 N–H and O–H groups in total. The third kappa shape index (κ3) is 4.92. The average Bonchev–Trinajstić information content (AvgIpc) is 2.88. The molecule has 0 bridgehead atoms. The lowest BCUT2D eigenvalue weighted by Crippen LogP contribution is -2.17. The van der Waals surface area contributed by atoms with Crippen LogP contribution in [0.5, 0.6) is 34.5 Å². The van der Waals surface area contributed by atoms with E-state index in [2.05, 4.69) is 15.9 Å². The van der Waals surface area contributed by atoms with Crippen molar-refractivity contribution in [2.24, 2.45) is 0 Å². The smallest absolute Gasteiger partial charge is 0.174 e. The summed E-state index contributed by atoms with van der Waals surface area (Å²) < 4.78 is 34.1. The van der Waals surface area contributed by atoms with Crippen LogP contribution in [0.4, 0.5) is 0 Å². The van der Waals surface area contributed by atoms with Gasteiger partial charge in [-0.15, -0.1) is 0 Å². The lowest BCUT2D eigenvalue weighted by atomic mass is 9.83. The summed E-state index contributed by atoms with van der Waals surface area (Å²) in [5, 5.41) is 0. The van der Waals surface area contributed by atoms with Gasteiger partial charge < -0.3 is 28.4 Å². The summed E-state index contributed by atoms with van der Waals surface area (Å²) in [6.07, 6.45) is 0. The number of benzene rings is 3. The number of hydrogen-bond acceptors (Lipinski definition) is 7. The summed E-state index contributed by atoms with van der Waals surface area (Å²) in [7, 11) is 9.24. The summed E-state index contributed by atoms with van der Waals surface area (Å²) in [4.78, 5) is 14.0. The Balaban J connectivity index is 2.35. The van der Waals surface area contributed by atoms with Gasteiger partial charge in [0.1, 0.15) is 11.5 Å². The van der Waals surface area contributed by atoms with Gasteiger partial charge in [-0.2, -0.15) is 0 Å². The Morgan fingerprint density at radius 1 is 0.588 bits per heavy atom. The molecule has 0 saturated heterocycles. The Kier molecular flexibility index (Phi) is 8.28. The van der Waals surface area contributed by atoms with E-state index in [0.29, 0.717) is 51.2 Å². The van der Waals surface area contributed by atoms with E-state index >= 15 is 0 Å². The van der Waals surface area contributed by atoms with Crippen LogP contribution in [0, 0.1) is 0 Å². The van der Waals surface area contributed by atoms with Crippen molar-refractivity contribution < 1.29 is 33.2 Å². The summed E-state index contributed by atoms with van der Waals surface area (Å²) >= 11 is 3.42. The standard InChI is InChI=1S/C26H27BrO7/c1-29-19-13-23(33-5)21(31-3)11-17(19)25(26(28)15-7-9-16(27)10-8-15)18-12-22(32-4)24(34-6)14-20(18)30-2/h7-14,25H,1-6H3. The third-order valence-electron chi connectivity index (χ3n) is 5.48. The largest absolute Gasteiger partial charge is 0.496 e. The zero-order valence-electron chi connectivity index (χ0n) is 19.9. The Hall–Kier alpha value is -3.39. The molecule has 0 aliphatic rings. The molecule has 0 radical (unpaired) electrons. The summed E-state index contributed by atoms with van der Waals surface area (Å²) in [5.74, 6) is 1.84. The maximum atomic E-state index is 14.0. The quantitative estimate of drug-likeness (QED) is 0.319. The van der Waals surface area contributed by atoms with Crippen molar-refractivity contribution in [3.05, 3.63) is 69.7 Å². The monoisotopic (exact) mass is 530 g/mol. The maximum Gasteiger partial charge on any atom is 0.174 e. The van der Waals surface area contributed by atoms with Gasteiger partial charge in [0.2, 0.25) is 0 Å². The van der Waals surface area contributed by atoms with Crippen molar-refractivity contribution in [1.29, 1.82) is 0 Å². The molecular weight excluding hydrogens is 504 g/mol. The molecule has 0 unspecified atom stereocenters. The van der Waals surface area contributed by atoms with E-state index < -0.39 is 5.92 Å². The molecule has 180 valence electrons. The molecule has 34 heavy (non-hydrogen) atoms. The second kappa shape index (κ2) is 11.2. The summed E-state index contributed by atoms with van der Waals surface area (Å²) in [6, 6.07) is 14.1. The first kappa shape index (κ1) is 25.2. The van der Waals surface area contributed by atoms with E-state index in [9.17, 15) is 4.79 Å². The number of ether oxygens (including phenoxy) is 6. The van der Waals surface area contributed by atoms with Gasteiger partial charge in [0.15, 0.2) is 28.8 Å². The minimum absolute atomic E-state index is 0.163. The Morgan fingerprint density at radius 2 is 0.941 bits per heavy atom. The number of carbonyl (C=O) groups is 1. The molecule has 8 heteroatoms. The minimum atomic E-state index is -0.814. The number of carbonyl (C=O) groups excluding carboxylic acids is 1. The van der Waals surface area contributed by atoms with Gasteiger partial charge in [0, 0.05) is 33.3 Å². The fraction of sp³-hybridized carbons (Fsp3) is 0.269. The zero-order chi connectivity index (χ0) is 24.8. The second-order valence-electron chi connectivity index (χ2n) is 7.20. The highest BCUT2D eigenvalue weighted by atomic mass is 79.9. The van der Waals surface area contributed by atoms with Gasteiger partial charge in [-0.3, -0.25) is 4.79 Å². The Labute approximate surface area is 207 Å². The second-order valence-corrected chi connectivity index (χ2v) is 8.12. The first-order valence-corrected chi connectivity index (χ1v) is 11.1. The van der Waals surface area contributed by atoms with Gasteiger partial charge in [0.25, 0.3) is 0 Å². The first-order chi connectivity index (χ1) is 16.4. The number of halogens is 1. The highest BCUT2D eigenvalue weighted by Gasteiger charge is 2.32. The van der Waals surface area contributed by atoms with Crippen molar-refractivity contribution in [3.8, 4) is 34.5 Å². The normalized spacial score (nSPS) is 10.6. The molecule has 0 aromatic heterocycles. The van der Waals surface area contributed by atoms with Crippen LogP contribution in [0.15, 0.2) is 53.0 Å². The number of Topliss-reactive ketones (excluding diaryl/α,β-unsaturated/α-hetero) is 1. The SMILES string of the molecule is COc1cc(OC)c(C(C(=O)c2ccc(Br)cc2)c2cc(OC)c(OC)cc2OC)cc1OC. The minimum Gasteiger partial charge on any atom is -0.496 e.